The van der Waals surface area contributed by atoms with Gasteiger partial charge in [-0.05, 0) is 31.4 Å². The second-order valence-corrected chi connectivity index (χ2v) is 6.33. The van der Waals surface area contributed by atoms with Crippen molar-refractivity contribution in [2.45, 2.75) is 17.0 Å². The molecule has 1 heterocycles. The fraction of sp³-hybridized carbons (Fsp3) is 0.154. The first-order chi connectivity index (χ1) is 9.94. The second-order valence-electron chi connectivity index (χ2n) is 4.01. The summed E-state index contributed by atoms with van der Waals surface area (Å²) in [5.74, 6) is -0.0470. The Balaban J connectivity index is 2.37. The Morgan fingerprint density at radius 2 is 2.05 bits per heavy atom. The number of rotatable bonds is 4. The highest BCUT2D eigenvalue weighted by Gasteiger charge is 2.18. The number of benzene rings is 1. The van der Waals surface area contributed by atoms with Crippen molar-refractivity contribution in [3.63, 3.8) is 0 Å². The predicted molar refractivity (Wildman–Crippen MR) is 77.5 cm³/mol. The summed E-state index contributed by atoms with van der Waals surface area (Å²) in [4.78, 5) is 8.01. The predicted octanol–water partition coefficient (Wildman–Crippen LogP) is 2.15. The normalized spacial score (nSPS) is 10.9. The van der Waals surface area contributed by atoms with Gasteiger partial charge in [-0.1, -0.05) is 17.8 Å². The summed E-state index contributed by atoms with van der Waals surface area (Å²) in [6, 6.07) is 8.92. The molecule has 0 aliphatic rings. The smallest absolute Gasteiger partial charge is 0.340 e. The molecule has 0 unspecified atom stereocenters. The molecule has 0 bridgehead atoms. The fourth-order valence-corrected chi connectivity index (χ4v) is 2.87. The summed E-state index contributed by atoms with van der Waals surface area (Å²) >= 11 is 1.28. The maximum absolute atomic E-state index is 12.2. The molecule has 0 fully saturated rings. The Morgan fingerprint density at radius 3 is 2.71 bits per heavy atom. The molecule has 0 saturated heterocycles. The number of hydrogen-bond donors (Lipinski definition) is 0. The van der Waals surface area contributed by atoms with E-state index in [0.29, 0.717) is 10.9 Å². The van der Waals surface area contributed by atoms with Gasteiger partial charge in [-0.15, -0.1) is 0 Å². The zero-order valence-electron chi connectivity index (χ0n) is 11.3. The number of nitrogens with zero attached hydrogens (tertiary/aromatic N) is 3. The van der Waals surface area contributed by atoms with Crippen LogP contribution in [0.4, 0.5) is 0 Å². The maximum Gasteiger partial charge on any atom is 0.340 e. The molecule has 1 aromatic heterocycles. The first kappa shape index (κ1) is 15.3. The molecule has 0 radical (unpaired) electrons. The molecule has 21 heavy (non-hydrogen) atoms. The van der Waals surface area contributed by atoms with Crippen LogP contribution >= 0.6 is 11.8 Å². The molecule has 0 aliphatic heterocycles. The van der Waals surface area contributed by atoms with E-state index in [0.717, 1.165) is 0 Å². The van der Waals surface area contributed by atoms with Gasteiger partial charge in [-0.25, -0.2) is 4.98 Å². The van der Waals surface area contributed by atoms with Gasteiger partial charge < -0.3 is 4.18 Å². The molecule has 0 saturated carbocycles. The van der Waals surface area contributed by atoms with Crippen LogP contribution in [0.1, 0.15) is 11.3 Å². The standard InChI is InChI=1S/C13H11N3O3S2/c1-9-6-12(16-13(15-9)20-2)19-21(17,18)11-5-3-4-10(7-11)8-14/h3-7H,1-2H3. The van der Waals surface area contributed by atoms with Gasteiger partial charge >= 0.3 is 10.1 Å². The van der Waals surface area contributed by atoms with Crippen molar-refractivity contribution >= 4 is 21.9 Å². The first-order valence-corrected chi connectivity index (χ1v) is 8.42. The van der Waals surface area contributed by atoms with Crippen molar-refractivity contribution in [1.29, 1.82) is 5.26 Å². The summed E-state index contributed by atoms with van der Waals surface area (Å²) in [7, 11) is -4.04. The molecular weight excluding hydrogens is 310 g/mol. The van der Waals surface area contributed by atoms with E-state index in [-0.39, 0.29) is 16.3 Å². The van der Waals surface area contributed by atoms with Gasteiger partial charge in [-0.2, -0.15) is 18.7 Å². The van der Waals surface area contributed by atoms with E-state index in [1.807, 2.05) is 6.07 Å². The van der Waals surface area contributed by atoms with Crippen molar-refractivity contribution in [3.05, 3.63) is 41.6 Å². The van der Waals surface area contributed by atoms with E-state index in [1.54, 1.807) is 13.2 Å². The molecule has 2 rings (SSSR count). The van der Waals surface area contributed by atoms with Gasteiger partial charge in [0.05, 0.1) is 11.6 Å². The molecule has 0 atom stereocenters. The third-order valence-electron chi connectivity index (χ3n) is 2.44. The monoisotopic (exact) mass is 321 g/mol. The minimum absolute atomic E-state index is 0.0470. The molecule has 108 valence electrons. The summed E-state index contributed by atoms with van der Waals surface area (Å²) in [5, 5.41) is 9.24. The lowest BCUT2D eigenvalue weighted by Gasteiger charge is -2.07. The highest BCUT2D eigenvalue weighted by Crippen LogP contribution is 2.20. The fourth-order valence-electron chi connectivity index (χ4n) is 1.53. The zero-order chi connectivity index (χ0) is 15.5. The van der Waals surface area contributed by atoms with Crippen molar-refractivity contribution < 1.29 is 12.6 Å². The lowest BCUT2D eigenvalue weighted by molar-refractivity contribution is 0.471. The summed E-state index contributed by atoms with van der Waals surface area (Å²) in [6.45, 7) is 1.72. The Hall–Kier alpha value is -2.11. The van der Waals surface area contributed by atoms with Crippen molar-refractivity contribution in [2.24, 2.45) is 0 Å². The van der Waals surface area contributed by atoms with Gasteiger partial charge in [0.15, 0.2) is 5.16 Å². The molecule has 1 aromatic carbocycles. The van der Waals surface area contributed by atoms with E-state index >= 15 is 0 Å². The minimum atomic E-state index is -4.04. The summed E-state index contributed by atoms with van der Waals surface area (Å²) in [6.07, 6.45) is 1.78. The Kier molecular flexibility index (Phi) is 4.45. The highest BCUT2D eigenvalue weighted by molar-refractivity contribution is 7.98. The van der Waals surface area contributed by atoms with Crippen LogP contribution < -0.4 is 4.18 Å². The molecule has 6 nitrogen and oxygen atoms in total. The zero-order valence-corrected chi connectivity index (χ0v) is 12.9. The van der Waals surface area contributed by atoms with Crippen LogP contribution in [0.2, 0.25) is 0 Å². The van der Waals surface area contributed by atoms with Gasteiger partial charge in [0.1, 0.15) is 4.90 Å². The Labute approximate surface area is 126 Å². The lowest BCUT2D eigenvalue weighted by atomic mass is 10.2. The quantitative estimate of drug-likeness (QED) is 0.484. The molecule has 2 aromatic rings. The van der Waals surface area contributed by atoms with Gasteiger partial charge in [-0.3, -0.25) is 0 Å². The van der Waals surface area contributed by atoms with Crippen molar-refractivity contribution in [1.82, 2.24) is 9.97 Å². The molecule has 0 spiro atoms. The number of nitriles is 1. The molecule has 0 aliphatic carbocycles. The van der Waals surface area contributed by atoms with E-state index in [4.69, 9.17) is 9.44 Å². The third-order valence-corrected chi connectivity index (χ3v) is 4.21. The van der Waals surface area contributed by atoms with Crippen LogP contribution in [0, 0.1) is 18.3 Å². The summed E-state index contributed by atoms with van der Waals surface area (Å²) in [5.41, 5.74) is 0.841. The van der Waals surface area contributed by atoms with Crippen molar-refractivity contribution in [3.8, 4) is 11.9 Å². The SMILES string of the molecule is CSc1nc(C)cc(OS(=O)(=O)c2cccc(C#N)c2)n1. The Morgan fingerprint density at radius 1 is 1.29 bits per heavy atom. The van der Waals surface area contributed by atoms with Crippen LogP contribution in [-0.2, 0) is 10.1 Å². The second kappa shape index (κ2) is 6.11. The maximum atomic E-state index is 12.2. The Bertz CT molecular complexity index is 814. The van der Waals surface area contributed by atoms with Crippen LogP contribution in [-0.4, -0.2) is 24.6 Å². The topological polar surface area (TPSA) is 92.9 Å². The largest absolute Gasteiger partial charge is 0.358 e. The van der Waals surface area contributed by atoms with Crippen LogP contribution in [0.5, 0.6) is 5.88 Å². The average Bonchev–Trinajstić information content (AvgIpc) is 2.46. The van der Waals surface area contributed by atoms with Gasteiger partial charge in [0.2, 0.25) is 5.88 Å². The van der Waals surface area contributed by atoms with Crippen LogP contribution in [0.3, 0.4) is 0 Å². The van der Waals surface area contributed by atoms with Crippen LogP contribution in [0.25, 0.3) is 0 Å². The average molecular weight is 321 g/mol. The first-order valence-electron chi connectivity index (χ1n) is 5.79. The minimum Gasteiger partial charge on any atom is -0.358 e. The summed E-state index contributed by atoms with van der Waals surface area (Å²) < 4.78 is 29.4. The molecular formula is C13H11N3O3S2. The third kappa shape index (κ3) is 3.71. The number of aromatic nitrogens is 2. The van der Waals surface area contributed by atoms with E-state index in [1.165, 1.54) is 42.1 Å². The van der Waals surface area contributed by atoms with E-state index < -0.39 is 10.1 Å². The van der Waals surface area contributed by atoms with Crippen molar-refractivity contribution in [2.75, 3.05) is 6.26 Å². The molecule has 0 N–H and O–H groups in total. The molecule has 0 amide bonds. The van der Waals surface area contributed by atoms with E-state index in [2.05, 4.69) is 9.97 Å². The number of aryl methyl sites for hydroxylation is 1. The molecule has 8 heteroatoms. The number of thioether (sulfide) groups is 1. The van der Waals surface area contributed by atoms with E-state index in [9.17, 15) is 8.42 Å². The van der Waals surface area contributed by atoms with Gasteiger partial charge in [0, 0.05) is 11.8 Å². The van der Waals surface area contributed by atoms with Gasteiger partial charge in [0.25, 0.3) is 0 Å². The lowest BCUT2D eigenvalue weighted by Crippen LogP contribution is -2.11. The number of hydrogen-bond acceptors (Lipinski definition) is 7. The van der Waals surface area contributed by atoms with Crippen LogP contribution in [0.15, 0.2) is 40.4 Å². The highest BCUT2D eigenvalue weighted by atomic mass is 32.2.